The first-order chi connectivity index (χ1) is 7.60. The Bertz CT molecular complexity index is 335. The third-order valence-electron chi connectivity index (χ3n) is 3.54. The van der Waals surface area contributed by atoms with Crippen molar-refractivity contribution in [1.29, 1.82) is 0 Å². The Kier molecular flexibility index (Phi) is 4.36. The van der Waals surface area contributed by atoms with Crippen LogP contribution in [0.25, 0.3) is 0 Å². The summed E-state index contributed by atoms with van der Waals surface area (Å²) in [5, 5.41) is 10.8. The Labute approximate surface area is 98.3 Å². The molecule has 0 heterocycles. The Balaban J connectivity index is 3.21. The molecule has 0 saturated carbocycles. The smallest absolute Gasteiger partial charge is 0.124 e. The molecule has 2 heteroatoms. The summed E-state index contributed by atoms with van der Waals surface area (Å²) in [5.41, 5.74) is 0.107. The lowest BCUT2D eigenvalue weighted by molar-refractivity contribution is -0.0242. The van der Waals surface area contributed by atoms with Gasteiger partial charge in [-0.25, -0.2) is 0 Å². The van der Waals surface area contributed by atoms with E-state index in [2.05, 4.69) is 13.8 Å². The second kappa shape index (κ2) is 5.35. The Hall–Kier alpha value is -1.02. The standard InChI is InChI=1S/C14H22O2/c1-5-11(3)14(15,6-2)12-9-7-8-10-13(12)16-4/h7-11,15H,5-6H2,1-4H3. The first kappa shape index (κ1) is 13.0. The van der Waals surface area contributed by atoms with Gasteiger partial charge in [0.2, 0.25) is 0 Å². The first-order valence-electron chi connectivity index (χ1n) is 5.96. The van der Waals surface area contributed by atoms with Crippen LogP contribution in [-0.2, 0) is 5.60 Å². The van der Waals surface area contributed by atoms with Crippen molar-refractivity contribution >= 4 is 0 Å². The summed E-state index contributed by atoms with van der Waals surface area (Å²) >= 11 is 0. The Morgan fingerprint density at radius 2 is 1.94 bits per heavy atom. The quantitative estimate of drug-likeness (QED) is 0.828. The summed E-state index contributed by atoms with van der Waals surface area (Å²) < 4.78 is 5.33. The van der Waals surface area contributed by atoms with E-state index in [9.17, 15) is 5.11 Å². The monoisotopic (exact) mass is 222 g/mol. The highest BCUT2D eigenvalue weighted by molar-refractivity contribution is 5.38. The van der Waals surface area contributed by atoms with E-state index in [1.165, 1.54) is 0 Å². The zero-order chi connectivity index (χ0) is 12.2. The summed E-state index contributed by atoms with van der Waals surface area (Å²) in [6.07, 6.45) is 1.64. The molecular weight excluding hydrogens is 200 g/mol. The number of rotatable bonds is 5. The summed E-state index contributed by atoms with van der Waals surface area (Å²) in [6, 6.07) is 7.72. The van der Waals surface area contributed by atoms with Crippen LogP contribution in [-0.4, -0.2) is 12.2 Å². The fourth-order valence-electron chi connectivity index (χ4n) is 2.14. The average molecular weight is 222 g/mol. The second-order valence-corrected chi connectivity index (χ2v) is 4.29. The molecule has 1 aromatic rings. The molecule has 1 rings (SSSR count). The molecule has 0 aliphatic rings. The van der Waals surface area contributed by atoms with E-state index in [-0.39, 0.29) is 5.92 Å². The number of para-hydroxylation sites is 1. The van der Waals surface area contributed by atoms with Gasteiger partial charge < -0.3 is 9.84 Å². The van der Waals surface area contributed by atoms with E-state index in [4.69, 9.17) is 4.74 Å². The van der Waals surface area contributed by atoms with Crippen molar-refractivity contribution in [3.63, 3.8) is 0 Å². The van der Waals surface area contributed by atoms with Crippen LogP contribution in [0.2, 0.25) is 0 Å². The van der Waals surface area contributed by atoms with Gasteiger partial charge in [0.05, 0.1) is 12.7 Å². The predicted molar refractivity (Wildman–Crippen MR) is 66.6 cm³/mol. The molecular formula is C14H22O2. The summed E-state index contributed by atoms with van der Waals surface area (Å²) in [4.78, 5) is 0. The van der Waals surface area contributed by atoms with Crippen LogP contribution in [0, 0.1) is 5.92 Å². The van der Waals surface area contributed by atoms with E-state index >= 15 is 0 Å². The third-order valence-corrected chi connectivity index (χ3v) is 3.54. The van der Waals surface area contributed by atoms with Gasteiger partial charge in [-0.15, -0.1) is 0 Å². The van der Waals surface area contributed by atoms with Crippen molar-refractivity contribution in [2.45, 2.75) is 39.2 Å². The lowest BCUT2D eigenvalue weighted by Gasteiger charge is -2.34. The van der Waals surface area contributed by atoms with Gasteiger partial charge in [-0.05, 0) is 18.4 Å². The van der Waals surface area contributed by atoms with Crippen LogP contribution < -0.4 is 4.74 Å². The van der Waals surface area contributed by atoms with Gasteiger partial charge in [0.1, 0.15) is 5.75 Å². The van der Waals surface area contributed by atoms with Crippen LogP contribution in [0.3, 0.4) is 0 Å². The van der Waals surface area contributed by atoms with Crippen LogP contribution in [0.1, 0.15) is 39.2 Å². The van der Waals surface area contributed by atoms with Crippen LogP contribution in [0.15, 0.2) is 24.3 Å². The van der Waals surface area contributed by atoms with E-state index in [0.717, 1.165) is 17.7 Å². The maximum Gasteiger partial charge on any atom is 0.124 e. The fraction of sp³-hybridized carbons (Fsp3) is 0.571. The first-order valence-corrected chi connectivity index (χ1v) is 5.96. The number of hydrogen-bond donors (Lipinski definition) is 1. The zero-order valence-electron chi connectivity index (χ0n) is 10.7. The minimum atomic E-state index is -0.790. The Morgan fingerprint density at radius 3 is 2.44 bits per heavy atom. The molecule has 1 N–H and O–H groups in total. The molecule has 16 heavy (non-hydrogen) atoms. The molecule has 0 spiro atoms. The van der Waals surface area contributed by atoms with E-state index in [1.54, 1.807) is 7.11 Å². The van der Waals surface area contributed by atoms with Crippen molar-refractivity contribution in [2.75, 3.05) is 7.11 Å². The topological polar surface area (TPSA) is 29.5 Å². The minimum Gasteiger partial charge on any atom is -0.496 e. The normalized spacial score (nSPS) is 16.6. The van der Waals surface area contributed by atoms with Crippen LogP contribution >= 0.6 is 0 Å². The highest BCUT2D eigenvalue weighted by Gasteiger charge is 2.35. The molecule has 0 fully saturated rings. The summed E-state index contributed by atoms with van der Waals surface area (Å²) in [7, 11) is 1.64. The van der Waals surface area contributed by atoms with E-state index < -0.39 is 5.60 Å². The fourth-order valence-corrected chi connectivity index (χ4v) is 2.14. The number of ether oxygens (including phenoxy) is 1. The molecule has 2 unspecified atom stereocenters. The predicted octanol–water partition coefficient (Wildman–Crippen LogP) is 3.34. The SMILES string of the molecule is CCC(C)C(O)(CC)c1ccccc1OC. The molecule has 1 aromatic carbocycles. The molecule has 0 aliphatic carbocycles. The van der Waals surface area contributed by atoms with E-state index in [0.29, 0.717) is 6.42 Å². The molecule has 0 saturated heterocycles. The lowest BCUT2D eigenvalue weighted by atomic mass is 9.78. The van der Waals surface area contributed by atoms with Gasteiger partial charge in [-0.3, -0.25) is 0 Å². The highest BCUT2D eigenvalue weighted by atomic mass is 16.5. The van der Waals surface area contributed by atoms with Gasteiger partial charge in [-0.2, -0.15) is 0 Å². The zero-order valence-corrected chi connectivity index (χ0v) is 10.7. The van der Waals surface area contributed by atoms with E-state index in [1.807, 2.05) is 31.2 Å². The van der Waals surface area contributed by atoms with Crippen LogP contribution in [0.4, 0.5) is 0 Å². The highest BCUT2D eigenvalue weighted by Crippen LogP contribution is 2.39. The molecule has 0 aromatic heterocycles. The number of aliphatic hydroxyl groups is 1. The Morgan fingerprint density at radius 1 is 1.31 bits per heavy atom. The molecule has 0 amide bonds. The van der Waals surface area contributed by atoms with Gasteiger partial charge in [0.15, 0.2) is 0 Å². The largest absolute Gasteiger partial charge is 0.496 e. The maximum absolute atomic E-state index is 10.8. The average Bonchev–Trinajstić information content (AvgIpc) is 2.36. The molecule has 2 nitrogen and oxygen atoms in total. The summed E-state index contributed by atoms with van der Waals surface area (Å²) in [6.45, 7) is 6.19. The van der Waals surface area contributed by atoms with Gasteiger partial charge in [-0.1, -0.05) is 45.4 Å². The number of benzene rings is 1. The van der Waals surface area contributed by atoms with Gasteiger partial charge in [0.25, 0.3) is 0 Å². The van der Waals surface area contributed by atoms with Gasteiger partial charge >= 0.3 is 0 Å². The van der Waals surface area contributed by atoms with Crippen LogP contribution in [0.5, 0.6) is 5.75 Å². The van der Waals surface area contributed by atoms with Crippen molar-refractivity contribution in [2.24, 2.45) is 5.92 Å². The third kappa shape index (κ3) is 2.22. The molecule has 0 bridgehead atoms. The molecule has 0 radical (unpaired) electrons. The minimum absolute atomic E-state index is 0.216. The lowest BCUT2D eigenvalue weighted by Crippen LogP contribution is -2.33. The van der Waals surface area contributed by atoms with Crippen molar-refractivity contribution < 1.29 is 9.84 Å². The second-order valence-electron chi connectivity index (χ2n) is 4.29. The van der Waals surface area contributed by atoms with Crippen molar-refractivity contribution in [3.8, 4) is 5.75 Å². The van der Waals surface area contributed by atoms with Crippen molar-refractivity contribution in [1.82, 2.24) is 0 Å². The molecule has 2 atom stereocenters. The molecule has 0 aliphatic heterocycles. The summed E-state index contributed by atoms with van der Waals surface area (Å²) in [5.74, 6) is 0.987. The van der Waals surface area contributed by atoms with Gasteiger partial charge in [0, 0.05) is 5.56 Å². The number of methoxy groups -OCH3 is 1. The maximum atomic E-state index is 10.8. The van der Waals surface area contributed by atoms with Crippen molar-refractivity contribution in [3.05, 3.63) is 29.8 Å². The number of hydrogen-bond acceptors (Lipinski definition) is 2. The molecule has 90 valence electrons.